The van der Waals surface area contributed by atoms with Crippen LogP contribution in [-0.4, -0.2) is 15.7 Å². The molecule has 1 aromatic heterocycles. The molecule has 2 rings (SSSR count). The zero-order valence-electron chi connectivity index (χ0n) is 13.2. The molecule has 0 saturated carbocycles. The van der Waals surface area contributed by atoms with Gasteiger partial charge < -0.3 is 10.2 Å². The Morgan fingerprint density at radius 1 is 1.13 bits per heavy atom. The van der Waals surface area contributed by atoms with Gasteiger partial charge in [-0.1, -0.05) is 37.3 Å². The Balaban J connectivity index is 2.08. The standard InChI is InChI=1S/C16H22N4O3/c1-2-8-20-15(21)11-14(18-17)19(16(20)22)9-10-23-12-13-6-4-3-5-7-13/h3-7,11,18H,2,8-10,12,17H2,1H3. The number of hydrogen-bond acceptors (Lipinski definition) is 5. The fourth-order valence-electron chi connectivity index (χ4n) is 2.30. The molecule has 124 valence electrons. The number of rotatable bonds is 8. The minimum absolute atomic E-state index is 0.288. The maximum absolute atomic E-state index is 12.4. The molecule has 2 aromatic rings. The van der Waals surface area contributed by atoms with Crippen LogP contribution in [-0.2, 0) is 24.4 Å². The van der Waals surface area contributed by atoms with Gasteiger partial charge in [-0.3, -0.25) is 13.9 Å². The van der Waals surface area contributed by atoms with Crippen LogP contribution < -0.4 is 22.5 Å². The summed E-state index contributed by atoms with van der Waals surface area (Å²) in [5.41, 5.74) is 2.73. The predicted octanol–water partition coefficient (Wildman–Crippen LogP) is 0.922. The minimum atomic E-state index is -0.379. The molecule has 0 radical (unpaired) electrons. The summed E-state index contributed by atoms with van der Waals surface area (Å²) in [6, 6.07) is 11.1. The molecular formula is C16H22N4O3. The van der Waals surface area contributed by atoms with Gasteiger partial charge in [0.25, 0.3) is 5.56 Å². The van der Waals surface area contributed by atoms with Crippen LogP contribution in [0.5, 0.6) is 0 Å². The monoisotopic (exact) mass is 318 g/mol. The van der Waals surface area contributed by atoms with Crippen LogP contribution in [0.3, 0.4) is 0 Å². The summed E-state index contributed by atoms with van der Waals surface area (Å²) in [4.78, 5) is 24.3. The molecule has 0 spiro atoms. The molecule has 0 aliphatic carbocycles. The summed E-state index contributed by atoms with van der Waals surface area (Å²) in [6.07, 6.45) is 0.703. The van der Waals surface area contributed by atoms with Gasteiger partial charge in [0.05, 0.1) is 19.8 Å². The third-order valence-electron chi connectivity index (χ3n) is 3.44. The van der Waals surface area contributed by atoms with Gasteiger partial charge in [0.2, 0.25) is 0 Å². The maximum Gasteiger partial charge on any atom is 0.332 e. The summed E-state index contributed by atoms with van der Waals surface area (Å²) < 4.78 is 8.22. The Hall–Kier alpha value is -2.38. The summed E-state index contributed by atoms with van der Waals surface area (Å²) in [7, 11) is 0. The van der Waals surface area contributed by atoms with Gasteiger partial charge >= 0.3 is 5.69 Å². The lowest BCUT2D eigenvalue weighted by molar-refractivity contribution is 0.112. The van der Waals surface area contributed by atoms with Gasteiger partial charge in [-0.05, 0) is 12.0 Å². The minimum Gasteiger partial charge on any atom is -0.375 e. The van der Waals surface area contributed by atoms with E-state index in [1.807, 2.05) is 37.3 Å². The van der Waals surface area contributed by atoms with Gasteiger partial charge in [-0.2, -0.15) is 0 Å². The lowest BCUT2D eigenvalue weighted by atomic mass is 10.2. The number of nitrogens with two attached hydrogens (primary N) is 1. The molecule has 1 heterocycles. The highest BCUT2D eigenvalue weighted by molar-refractivity contribution is 5.32. The SMILES string of the molecule is CCCn1c(=O)cc(NN)n(CCOCc2ccccc2)c1=O. The number of nitrogens with one attached hydrogen (secondary N) is 1. The maximum atomic E-state index is 12.4. The van der Waals surface area contributed by atoms with Crippen LogP contribution >= 0.6 is 0 Å². The van der Waals surface area contributed by atoms with Crippen molar-refractivity contribution in [3.63, 3.8) is 0 Å². The molecule has 0 unspecified atom stereocenters. The van der Waals surface area contributed by atoms with Crippen LogP contribution in [0.1, 0.15) is 18.9 Å². The number of benzene rings is 1. The van der Waals surface area contributed by atoms with E-state index in [9.17, 15) is 9.59 Å². The Kier molecular flexibility index (Phi) is 6.13. The molecular weight excluding hydrogens is 296 g/mol. The Morgan fingerprint density at radius 3 is 2.52 bits per heavy atom. The number of aromatic nitrogens is 2. The van der Waals surface area contributed by atoms with Crippen LogP contribution in [0.4, 0.5) is 5.82 Å². The molecule has 0 saturated heterocycles. The summed E-state index contributed by atoms with van der Waals surface area (Å²) in [5, 5.41) is 0. The summed E-state index contributed by atoms with van der Waals surface area (Å²) >= 11 is 0. The normalized spacial score (nSPS) is 10.7. The Bertz CT molecular complexity index is 737. The molecule has 0 atom stereocenters. The second-order valence-electron chi connectivity index (χ2n) is 5.14. The van der Waals surface area contributed by atoms with Crippen LogP contribution in [0, 0.1) is 0 Å². The van der Waals surface area contributed by atoms with E-state index < -0.39 is 0 Å². The van der Waals surface area contributed by atoms with E-state index in [1.54, 1.807) is 0 Å². The first-order chi connectivity index (χ1) is 11.2. The highest BCUT2D eigenvalue weighted by atomic mass is 16.5. The van der Waals surface area contributed by atoms with Gasteiger partial charge in [0, 0.05) is 12.6 Å². The third kappa shape index (κ3) is 4.30. The molecule has 23 heavy (non-hydrogen) atoms. The average Bonchev–Trinajstić information content (AvgIpc) is 2.57. The smallest absolute Gasteiger partial charge is 0.332 e. The van der Waals surface area contributed by atoms with E-state index in [0.29, 0.717) is 32.7 Å². The lowest BCUT2D eigenvalue weighted by Gasteiger charge is -2.14. The van der Waals surface area contributed by atoms with Crippen molar-refractivity contribution in [2.45, 2.75) is 33.0 Å². The fourth-order valence-corrected chi connectivity index (χ4v) is 2.30. The second kappa shape index (κ2) is 8.30. The molecule has 0 aliphatic heterocycles. The molecule has 0 fully saturated rings. The van der Waals surface area contributed by atoms with Crippen LogP contribution in [0.2, 0.25) is 0 Å². The fraction of sp³-hybridized carbons (Fsp3) is 0.375. The number of ether oxygens (including phenoxy) is 1. The van der Waals surface area contributed by atoms with Crippen molar-refractivity contribution in [2.24, 2.45) is 5.84 Å². The van der Waals surface area contributed by atoms with E-state index in [1.165, 1.54) is 15.2 Å². The number of hydrogen-bond donors (Lipinski definition) is 2. The largest absolute Gasteiger partial charge is 0.375 e. The predicted molar refractivity (Wildman–Crippen MR) is 89.2 cm³/mol. The van der Waals surface area contributed by atoms with Crippen molar-refractivity contribution in [3.05, 3.63) is 62.8 Å². The van der Waals surface area contributed by atoms with Gasteiger partial charge in [0.15, 0.2) is 0 Å². The highest BCUT2D eigenvalue weighted by Gasteiger charge is 2.10. The number of hydrazine groups is 1. The Labute approximate surface area is 134 Å². The molecule has 0 amide bonds. The molecule has 7 heteroatoms. The molecule has 0 bridgehead atoms. The first kappa shape index (κ1) is 17.0. The number of anilines is 1. The van der Waals surface area contributed by atoms with E-state index in [-0.39, 0.29) is 17.1 Å². The number of nitrogens with zero attached hydrogens (tertiary/aromatic N) is 2. The van der Waals surface area contributed by atoms with E-state index in [0.717, 1.165) is 5.56 Å². The van der Waals surface area contributed by atoms with E-state index in [4.69, 9.17) is 10.6 Å². The summed E-state index contributed by atoms with van der Waals surface area (Å²) in [6.45, 7) is 3.42. The topological polar surface area (TPSA) is 91.3 Å². The molecule has 1 aromatic carbocycles. The van der Waals surface area contributed by atoms with E-state index in [2.05, 4.69) is 5.43 Å². The number of nitrogen functional groups attached to an aromatic ring is 1. The zero-order valence-corrected chi connectivity index (χ0v) is 13.2. The zero-order chi connectivity index (χ0) is 16.7. The first-order valence-electron chi connectivity index (χ1n) is 7.60. The van der Waals surface area contributed by atoms with Crippen molar-refractivity contribution >= 4 is 5.82 Å². The lowest BCUT2D eigenvalue weighted by Crippen LogP contribution is -2.41. The summed E-state index contributed by atoms with van der Waals surface area (Å²) in [5.74, 6) is 5.70. The quantitative estimate of drug-likeness (QED) is 0.429. The van der Waals surface area contributed by atoms with Crippen molar-refractivity contribution < 1.29 is 4.74 Å². The molecule has 7 nitrogen and oxygen atoms in total. The Morgan fingerprint density at radius 2 is 1.87 bits per heavy atom. The van der Waals surface area contributed by atoms with Crippen LogP contribution in [0.25, 0.3) is 0 Å². The second-order valence-corrected chi connectivity index (χ2v) is 5.14. The highest BCUT2D eigenvalue weighted by Crippen LogP contribution is 2.02. The molecule has 3 N–H and O–H groups in total. The average molecular weight is 318 g/mol. The van der Waals surface area contributed by atoms with Crippen molar-refractivity contribution in [1.82, 2.24) is 9.13 Å². The third-order valence-corrected chi connectivity index (χ3v) is 3.44. The van der Waals surface area contributed by atoms with Crippen molar-refractivity contribution in [1.29, 1.82) is 0 Å². The van der Waals surface area contributed by atoms with Crippen molar-refractivity contribution in [2.75, 3.05) is 12.0 Å². The molecule has 0 aliphatic rings. The van der Waals surface area contributed by atoms with Gasteiger partial charge in [0.1, 0.15) is 5.82 Å². The van der Waals surface area contributed by atoms with Crippen LogP contribution in [0.15, 0.2) is 46.0 Å². The van der Waals surface area contributed by atoms with E-state index >= 15 is 0 Å². The van der Waals surface area contributed by atoms with Gasteiger partial charge in [-0.15, -0.1) is 0 Å². The van der Waals surface area contributed by atoms with Crippen molar-refractivity contribution in [3.8, 4) is 0 Å². The first-order valence-corrected chi connectivity index (χ1v) is 7.60. The van der Waals surface area contributed by atoms with Gasteiger partial charge in [-0.25, -0.2) is 10.6 Å².